The summed E-state index contributed by atoms with van der Waals surface area (Å²) in [6, 6.07) is 52.7. The van der Waals surface area contributed by atoms with Crippen LogP contribution in [0, 0.1) is 5.41 Å². The van der Waals surface area contributed by atoms with Crippen LogP contribution in [-0.2, 0) is 5.41 Å². The largest absolute Gasteiger partial charge is 0.456 e. The van der Waals surface area contributed by atoms with Gasteiger partial charge >= 0.3 is 0 Å². The first-order chi connectivity index (χ1) is 27.2. The van der Waals surface area contributed by atoms with E-state index in [1.807, 2.05) is 60.7 Å². The number of hydrogen-bond acceptors (Lipinski definition) is 5. The molecule has 0 aliphatic heterocycles. The molecular weight excluding hydrogens is 687 g/mol. The highest BCUT2D eigenvalue weighted by atomic mass is 16.3. The van der Waals surface area contributed by atoms with Crippen molar-refractivity contribution in [2.24, 2.45) is 5.41 Å². The fourth-order valence-electron chi connectivity index (χ4n) is 8.89. The van der Waals surface area contributed by atoms with Crippen molar-refractivity contribution < 1.29 is 8.83 Å². The molecule has 268 valence electrons. The maximum absolute atomic E-state index is 6.67. The van der Waals surface area contributed by atoms with E-state index < -0.39 is 0 Å². The summed E-state index contributed by atoms with van der Waals surface area (Å²) in [6.45, 7) is 9.44. The highest BCUT2D eigenvalue weighted by Gasteiger charge is 2.47. The average molecular weight is 724 g/mol. The second kappa shape index (κ2) is 11.8. The van der Waals surface area contributed by atoms with Gasteiger partial charge in [0.15, 0.2) is 17.5 Å². The Bertz CT molecular complexity index is 3200. The van der Waals surface area contributed by atoms with Crippen molar-refractivity contribution in [2.45, 2.75) is 33.1 Å². The van der Waals surface area contributed by atoms with Gasteiger partial charge in [-0.15, -0.1) is 0 Å². The Morgan fingerprint density at radius 1 is 0.411 bits per heavy atom. The molecule has 0 saturated carbocycles. The number of fused-ring (bicyclic) bond motifs is 9. The summed E-state index contributed by atoms with van der Waals surface area (Å²) < 4.78 is 12.9. The van der Waals surface area contributed by atoms with Crippen LogP contribution < -0.4 is 0 Å². The topological polar surface area (TPSA) is 65.0 Å². The summed E-state index contributed by atoms with van der Waals surface area (Å²) >= 11 is 0. The molecule has 0 N–H and O–H groups in total. The minimum atomic E-state index is -0.134. The molecule has 10 aromatic rings. The number of hydrogen-bond donors (Lipinski definition) is 0. The quantitative estimate of drug-likeness (QED) is 0.181. The predicted molar refractivity (Wildman–Crippen MR) is 227 cm³/mol. The number of benzene rings is 7. The molecule has 0 radical (unpaired) electrons. The van der Waals surface area contributed by atoms with Gasteiger partial charge in [0.1, 0.15) is 22.3 Å². The Morgan fingerprint density at radius 3 is 1.89 bits per heavy atom. The Hall–Kier alpha value is -6.85. The van der Waals surface area contributed by atoms with Crippen molar-refractivity contribution in [1.82, 2.24) is 15.0 Å². The van der Waals surface area contributed by atoms with Gasteiger partial charge in [0.05, 0.1) is 0 Å². The van der Waals surface area contributed by atoms with Gasteiger partial charge in [-0.05, 0) is 81.3 Å². The molecule has 5 nitrogen and oxygen atoms in total. The molecule has 0 spiro atoms. The molecule has 1 aliphatic carbocycles. The third-order valence-corrected chi connectivity index (χ3v) is 12.2. The molecule has 1 aliphatic rings. The normalized spacial score (nSPS) is 15.2. The zero-order chi connectivity index (χ0) is 37.8. The van der Waals surface area contributed by atoms with Gasteiger partial charge in [-0.25, -0.2) is 15.0 Å². The van der Waals surface area contributed by atoms with E-state index in [1.165, 1.54) is 22.3 Å². The second-order valence-corrected chi connectivity index (χ2v) is 16.2. The SMILES string of the molecule is CC(C)(C)C1(C)c2ccccc2-c2cc3oc4cc(-c5cccc(-c6nc(-c7ccccc7)nc(-c7cccc8oc9ccccc9c78)n6)c5)ccc4c3cc21. The predicted octanol–water partition coefficient (Wildman–Crippen LogP) is 13.7. The molecule has 7 aromatic carbocycles. The van der Waals surface area contributed by atoms with E-state index >= 15 is 0 Å². The Kier molecular flexibility index (Phi) is 6.88. The van der Waals surface area contributed by atoms with Crippen LogP contribution in [0.15, 0.2) is 160 Å². The van der Waals surface area contributed by atoms with Crippen molar-refractivity contribution in [3.63, 3.8) is 0 Å². The lowest BCUT2D eigenvalue weighted by atomic mass is 9.62. The Morgan fingerprint density at radius 2 is 1.04 bits per heavy atom. The first-order valence-corrected chi connectivity index (χ1v) is 19.2. The summed E-state index contributed by atoms with van der Waals surface area (Å²) in [7, 11) is 0. The van der Waals surface area contributed by atoms with Crippen LogP contribution in [-0.4, -0.2) is 15.0 Å². The third-order valence-electron chi connectivity index (χ3n) is 12.2. The first-order valence-electron chi connectivity index (χ1n) is 19.2. The van der Waals surface area contributed by atoms with E-state index in [0.29, 0.717) is 17.5 Å². The van der Waals surface area contributed by atoms with Crippen molar-refractivity contribution in [3.05, 3.63) is 163 Å². The van der Waals surface area contributed by atoms with Gasteiger partial charge in [0.25, 0.3) is 0 Å². The van der Waals surface area contributed by atoms with Gasteiger partial charge in [-0.3, -0.25) is 0 Å². The highest BCUT2D eigenvalue weighted by molar-refractivity contribution is 6.12. The van der Waals surface area contributed by atoms with Crippen molar-refractivity contribution >= 4 is 43.9 Å². The van der Waals surface area contributed by atoms with Crippen molar-refractivity contribution in [3.8, 4) is 56.4 Å². The smallest absolute Gasteiger partial charge is 0.164 e. The van der Waals surface area contributed by atoms with Gasteiger partial charge in [-0.1, -0.05) is 137 Å². The zero-order valence-corrected chi connectivity index (χ0v) is 31.6. The molecule has 0 bridgehead atoms. The molecular formula is C51H37N3O2. The summed E-state index contributed by atoms with van der Waals surface area (Å²) in [4.78, 5) is 15.2. The Labute approximate surface area is 324 Å². The number of para-hydroxylation sites is 1. The lowest BCUT2D eigenvalue weighted by Gasteiger charge is -2.41. The van der Waals surface area contributed by atoms with E-state index in [1.54, 1.807) is 0 Å². The van der Waals surface area contributed by atoms with Gasteiger partial charge in [0.2, 0.25) is 0 Å². The zero-order valence-electron chi connectivity index (χ0n) is 31.6. The average Bonchev–Trinajstić information content (AvgIpc) is 3.88. The fraction of sp³-hybridized carbons (Fsp3) is 0.118. The Balaban J connectivity index is 1.04. The minimum absolute atomic E-state index is 0.0157. The monoisotopic (exact) mass is 723 g/mol. The van der Waals surface area contributed by atoms with Gasteiger partial charge in [-0.2, -0.15) is 0 Å². The number of rotatable bonds is 4. The summed E-state index contributed by atoms with van der Waals surface area (Å²) in [5.41, 5.74) is 13.4. The molecule has 3 heterocycles. The maximum atomic E-state index is 6.67. The highest BCUT2D eigenvalue weighted by Crippen LogP contribution is 2.58. The molecule has 11 rings (SSSR count). The van der Waals surface area contributed by atoms with Crippen molar-refractivity contribution in [1.29, 1.82) is 0 Å². The summed E-state index contributed by atoms with van der Waals surface area (Å²) in [5, 5.41) is 4.28. The molecule has 56 heavy (non-hydrogen) atoms. The van der Waals surface area contributed by atoms with Crippen LogP contribution in [0.4, 0.5) is 0 Å². The number of furan rings is 2. The van der Waals surface area contributed by atoms with Gasteiger partial charge in [0, 0.05) is 43.7 Å². The van der Waals surface area contributed by atoms with Crippen LogP contribution in [0.25, 0.3) is 100 Å². The van der Waals surface area contributed by atoms with E-state index in [0.717, 1.165) is 71.7 Å². The van der Waals surface area contributed by atoms with Crippen LogP contribution in [0.5, 0.6) is 0 Å². The maximum Gasteiger partial charge on any atom is 0.164 e. The lowest BCUT2D eigenvalue weighted by Crippen LogP contribution is -2.36. The summed E-state index contributed by atoms with van der Waals surface area (Å²) in [5.74, 6) is 1.81. The van der Waals surface area contributed by atoms with Crippen LogP contribution in [0.2, 0.25) is 0 Å². The molecule has 0 saturated heterocycles. The second-order valence-electron chi connectivity index (χ2n) is 16.2. The number of aromatic nitrogens is 3. The van der Waals surface area contributed by atoms with E-state index in [2.05, 4.69) is 119 Å². The molecule has 0 fully saturated rings. The molecule has 3 aromatic heterocycles. The van der Waals surface area contributed by atoms with Gasteiger partial charge < -0.3 is 8.83 Å². The van der Waals surface area contributed by atoms with Crippen LogP contribution in [0.3, 0.4) is 0 Å². The molecule has 0 amide bonds. The van der Waals surface area contributed by atoms with Crippen LogP contribution >= 0.6 is 0 Å². The van der Waals surface area contributed by atoms with E-state index in [4.69, 9.17) is 23.8 Å². The molecule has 5 heteroatoms. The third kappa shape index (κ3) is 4.77. The standard InChI is InChI=1S/C51H37N3O2/c1-50(2,3)51(4)40-21-10-8-18-34(40)38-29-45-39(28-41(38)51)35-25-24-32(27-44(35)56-45)31-16-12-17-33(26-31)48-52-47(30-14-6-5-7-15-30)53-49(54-48)37-20-13-23-43-46(37)36-19-9-11-22-42(36)55-43/h5-29H,1-4H3. The van der Waals surface area contributed by atoms with E-state index in [9.17, 15) is 0 Å². The van der Waals surface area contributed by atoms with Crippen molar-refractivity contribution in [2.75, 3.05) is 0 Å². The minimum Gasteiger partial charge on any atom is -0.456 e. The summed E-state index contributed by atoms with van der Waals surface area (Å²) in [6.07, 6.45) is 0. The molecule has 1 atom stereocenters. The lowest BCUT2D eigenvalue weighted by molar-refractivity contribution is 0.255. The van der Waals surface area contributed by atoms with Crippen LogP contribution in [0.1, 0.15) is 38.8 Å². The molecule has 1 unspecified atom stereocenters. The first kappa shape index (κ1) is 32.6. The van der Waals surface area contributed by atoms with E-state index in [-0.39, 0.29) is 10.8 Å². The number of nitrogens with zero attached hydrogens (tertiary/aromatic N) is 3. The fourth-order valence-corrected chi connectivity index (χ4v) is 8.89.